The van der Waals surface area contributed by atoms with Gasteiger partial charge in [0.25, 0.3) is 0 Å². The Kier molecular flexibility index (Phi) is 3.18. The van der Waals surface area contributed by atoms with Gasteiger partial charge in [-0.2, -0.15) is 0 Å². The number of aliphatic hydroxyl groups is 2. The van der Waals surface area contributed by atoms with E-state index >= 15 is 0 Å². The Morgan fingerprint density at radius 3 is 2.59 bits per heavy atom. The Labute approximate surface area is 135 Å². The highest BCUT2D eigenvalue weighted by Gasteiger charge is 2.66. The Morgan fingerprint density at radius 1 is 1.09 bits per heavy atom. The van der Waals surface area contributed by atoms with Crippen molar-refractivity contribution in [2.24, 2.45) is 34.0 Å². The van der Waals surface area contributed by atoms with Gasteiger partial charge in [-0.3, -0.25) is 0 Å². The van der Waals surface area contributed by atoms with E-state index in [-0.39, 0.29) is 16.9 Å². The minimum atomic E-state index is -0.273. The first kappa shape index (κ1) is 15.2. The van der Waals surface area contributed by atoms with Crippen molar-refractivity contribution >= 4 is 0 Å². The minimum absolute atomic E-state index is 0.0893. The van der Waals surface area contributed by atoms with Crippen LogP contribution in [0, 0.1) is 34.0 Å². The van der Waals surface area contributed by atoms with Gasteiger partial charge in [0.1, 0.15) is 0 Å². The summed E-state index contributed by atoms with van der Waals surface area (Å²) in [6.07, 6.45) is 9.39. The molecular weight excluding hydrogens is 272 g/mol. The van der Waals surface area contributed by atoms with Crippen LogP contribution in [0.15, 0.2) is 12.2 Å². The van der Waals surface area contributed by atoms with Crippen LogP contribution >= 0.6 is 0 Å². The lowest BCUT2D eigenvalue weighted by molar-refractivity contribution is -0.178. The van der Waals surface area contributed by atoms with Crippen molar-refractivity contribution in [1.29, 1.82) is 0 Å². The fourth-order valence-corrected chi connectivity index (χ4v) is 7.68. The van der Waals surface area contributed by atoms with Gasteiger partial charge in [-0.1, -0.05) is 26.8 Å². The molecule has 1 spiro atoms. The Hall–Kier alpha value is -0.340. The van der Waals surface area contributed by atoms with E-state index in [0.717, 1.165) is 12.0 Å². The smallest absolute Gasteiger partial charge is 0.0809 e. The molecule has 4 aliphatic rings. The summed E-state index contributed by atoms with van der Waals surface area (Å²) in [6, 6.07) is 0. The number of hydrogen-bond acceptors (Lipinski definition) is 2. The summed E-state index contributed by atoms with van der Waals surface area (Å²) in [6.45, 7) is 9.37. The van der Waals surface area contributed by atoms with Gasteiger partial charge in [0.05, 0.1) is 6.10 Å². The summed E-state index contributed by atoms with van der Waals surface area (Å²) in [5, 5.41) is 21.1. The van der Waals surface area contributed by atoms with Gasteiger partial charge >= 0.3 is 0 Å². The molecule has 0 unspecified atom stereocenters. The summed E-state index contributed by atoms with van der Waals surface area (Å²) < 4.78 is 0. The molecule has 0 radical (unpaired) electrons. The highest BCUT2D eigenvalue weighted by molar-refractivity contribution is 5.27. The Balaban J connectivity index is 1.76. The Morgan fingerprint density at radius 2 is 1.86 bits per heavy atom. The van der Waals surface area contributed by atoms with Gasteiger partial charge in [0, 0.05) is 12.0 Å². The van der Waals surface area contributed by atoms with Crippen LogP contribution in [-0.2, 0) is 0 Å². The molecule has 2 nitrogen and oxygen atoms in total. The third-order valence-corrected chi connectivity index (χ3v) is 8.70. The normalized spacial score (nSPS) is 57.4. The molecule has 124 valence electrons. The maximum absolute atomic E-state index is 11.0. The molecule has 22 heavy (non-hydrogen) atoms. The van der Waals surface area contributed by atoms with Crippen LogP contribution in [0.2, 0.25) is 0 Å². The third-order valence-electron chi connectivity index (χ3n) is 8.70. The molecule has 0 aliphatic heterocycles. The number of rotatable bonds is 1. The summed E-state index contributed by atoms with van der Waals surface area (Å²) in [7, 11) is 0. The van der Waals surface area contributed by atoms with E-state index in [4.69, 9.17) is 0 Å². The van der Waals surface area contributed by atoms with Crippen LogP contribution in [0.1, 0.15) is 65.2 Å². The second kappa shape index (κ2) is 4.60. The van der Waals surface area contributed by atoms with E-state index in [1.807, 2.05) is 0 Å². The summed E-state index contributed by atoms with van der Waals surface area (Å²) in [5.41, 5.74) is 1.63. The number of hydrogen-bond donors (Lipinski definition) is 2. The van der Waals surface area contributed by atoms with Crippen molar-refractivity contribution in [3.8, 4) is 0 Å². The van der Waals surface area contributed by atoms with Crippen molar-refractivity contribution in [2.45, 2.75) is 71.3 Å². The highest BCUT2D eigenvalue weighted by atomic mass is 16.3. The van der Waals surface area contributed by atoms with Crippen LogP contribution in [-0.4, -0.2) is 22.9 Å². The SMILES string of the molecule is C=C1[C@@H]2CC[C@H]3[C@]4(C)CCC[C@](C)(CO)[C@H]4CC[C@]3(C2)[C@H]1O. The van der Waals surface area contributed by atoms with Crippen molar-refractivity contribution < 1.29 is 10.2 Å². The number of fused-ring (bicyclic) bond motifs is 3. The molecular formula is C20H32O2. The first-order chi connectivity index (χ1) is 10.4. The first-order valence-electron chi connectivity index (χ1n) is 9.35. The quantitative estimate of drug-likeness (QED) is 0.721. The van der Waals surface area contributed by atoms with Gasteiger partial charge in [-0.15, -0.1) is 0 Å². The van der Waals surface area contributed by atoms with Crippen molar-refractivity contribution in [2.75, 3.05) is 6.61 Å². The van der Waals surface area contributed by atoms with Gasteiger partial charge in [-0.05, 0) is 79.1 Å². The summed E-state index contributed by atoms with van der Waals surface area (Å²) in [4.78, 5) is 0. The molecule has 7 atom stereocenters. The zero-order valence-corrected chi connectivity index (χ0v) is 14.3. The monoisotopic (exact) mass is 304 g/mol. The molecule has 2 heteroatoms. The van der Waals surface area contributed by atoms with Gasteiger partial charge in [-0.25, -0.2) is 0 Å². The zero-order chi connectivity index (χ0) is 15.8. The molecule has 4 aliphatic carbocycles. The first-order valence-corrected chi connectivity index (χ1v) is 9.35. The van der Waals surface area contributed by atoms with Crippen LogP contribution in [0.4, 0.5) is 0 Å². The van der Waals surface area contributed by atoms with E-state index in [0.29, 0.717) is 29.8 Å². The van der Waals surface area contributed by atoms with E-state index in [2.05, 4.69) is 20.4 Å². The third kappa shape index (κ3) is 1.64. The van der Waals surface area contributed by atoms with Crippen molar-refractivity contribution in [3.05, 3.63) is 12.2 Å². The molecule has 4 rings (SSSR count). The maximum Gasteiger partial charge on any atom is 0.0809 e. The largest absolute Gasteiger partial charge is 0.396 e. The van der Waals surface area contributed by atoms with E-state index < -0.39 is 0 Å². The highest BCUT2D eigenvalue weighted by Crippen LogP contribution is 2.71. The van der Waals surface area contributed by atoms with Crippen LogP contribution in [0.3, 0.4) is 0 Å². The summed E-state index contributed by atoms with van der Waals surface area (Å²) >= 11 is 0. The summed E-state index contributed by atoms with van der Waals surface area (Å²) in [5.74, 6) is 1.81. The van der Waals surface area contributed by atoms with Crippen molar-refractivity contribution in [3.63, 3.8) is 0 Å². The molecule has 0 heterocycles. The van der Waals surface area contributed by atoms with Gasteiger partial charge < -0.3 is 10.2 Å². The lowest BCUT2D eigenvalue weighted by atomic mass is 9.41. The van der Waals surface area contributed by atoms with Crippen molar-refractivity contribution in [1.82, 2.24) is 0 Å². The van der Waals surface area contributed by atoms with Gasteiger partial charge in [0.15, 0.2) is 0 Å². The number of aliphatic hydroxyl groups excluding tert-OH is 2. The Bertz CT molecular complexity index is 500. The van der Waals surface area contributed by atoms with Gasteiger partial charge in [0.2, 0.25) is 0 Å². The lowest BCUT2D eigenvalue weighted by Gasteiger charge is -2.64. The average molecular weight is 304 g/mol. The molecule has 0 aromatic rings. The predicted molar refractivity (Wildman–Crippen MR) is 88.3 cm³/mol. The van der Waals surface area contributed by atoms with E-state index in [1.165, 1.54) is 44.9 Å². The topological polar surface area (TPSA) is 40.5 Å². The molecule has 0 aromatic carbocycles. The lowest BCUT2D eigenvalue weighted by Crippen LogP contribution is -2.59. The molecule has 0 amide bonds. The van der Waals surface area contributed by atoms with Crippen LogP contribution < -0.4 is 0 Å². The van der Waals surface area contributed by atoms with Crippen LogP contribution in [0.25, 0.3) is 0 Å². The second-order valence-electron chi connectivity index (χ2n) is 9.50. The standard InChI is InChI=1S/C20H32O2/c1-13-14-5-6-16-19(3)9-4-8-18(2,12-21)15(19)7-10-20(16,11-14)17(13)22/h14-17,21-22H,1,4-12H2,2-3H3/t14-,15-,16+,17+,18-,19-,20-/m1/s1. The molecule has 4 fully saturated rings. The zero-order valence-electron chi connectivity index (χ0n) is 14.3. The molecule has 0 aromatic heterocycles. The second-order valence-corrected chi connectivity index (χ2v) is 9.50. The molecule has 4 saturated carbocycles. The molecule has 2 bridgehead atoms. The fourth-order valence-electron chi connectivity index (χ4n) is 7.68. The average Bonchev–Trinajstić information content (AvgIpc) is 2.68. The minimum Gasteiger partial charge on any atom is -0.396 e. The van der Waals surface area contributed by atoms with E-state index in [9.17, 15) is 10.2 Å². The van der Waals surface area contributed by atoms with Crippen LogP contribution in [0.5, 0.6) is 0 Å². The molecule has 0 saturated heterocycles. The predicted octanol–water partition coefficient (Wildman–Crippen LogP) is 3.92. The van der Waals surface area contributed by atoms with E-state index in [1.54, 1.807) is 0 Å². The fraction of sp³-hybridized carbons (Fsp3) is 0.900. The maximum atomic E-state index is 11.0. The molecule has 2 N–H and O–H groups in total.